The number of carboxylic acids is 1. The molecule has 0 saturated carbocycles. The first-order valence-electron chi connectivity index (χ1n) is 5.54. The summed E-state index contributed by atoms with van der Waals surface area (Å²) in [4.78, 5) is 11.0. The van der Waals surface area contributed by atoms with Crippen LogP contribution in [0.15, 0.2) is 36.4 Å². The third-order valence-electron chi connectivity index (χ3n) is 2.63. The van der Waals surface area contributed by atoms with Crippen LogP contribution < -0.4 is 5.32 Å². The number of hydrogen-bond donors (Lipinski definition) is 2. The summed E-state index contributed by atoms with van der Waals surface area (Å²) in [5.41, 5.74) is 0.242. The van der Waals surface area contributed by atoms with E-state index in [4.69, 9.17) is 5.11 Å². The molecule has 0 amide bonds. The lowest BCUT2D eigenvalue weighted by Gasteiger charge is -2.11. The van der Waals surface area contributed by atoms with Crippen LogP contribution >= 0.6 is 0 Å². The number of aromatic carboxylic acids is 1. The maximum absolute atomic E-state index is 13.7. The molecule has 0 aliphatic rings. The molecule has 0 radical (unpaired) electrons. The number of nitrogens with one attached hydrogen (secondary N) is 1. The fraction of sp³-hybridized carbons (Fsp3) is 0.0714. The Balaban J connectivity index is 2.46. The molecule has 0 aromatic heterocycles. The van der Waals surface area contributed by atoms with Crippen molar-refractivity contribution < 1.29 is 18.7 Å². The molecule has 2 aromatic carbocycles. The second-order valence-electron chi connectivity index (χ2n) is 4.08. The monoisotopic (exact) mass is 263 g/mol. The molecule has 5 heteroatoms. The minimum atomic E-state index is -1.28. The molecule has 2 N–H and O–H groups in total. The largest absolute Gasteiger partial charge is 0.478 e. The summed E-state index contributed by atoms with van der Waals surface area (Å²) >= 11 is 0. The van der Waals surface area contributed by atoms with E-state index in [0.29, 0.717) is 0 Å². The molecule has 0 unspecified atom stereocenters. The highest BCUT2D eigenvalue weighted by Gasteiger charge is 2.15. The quantitative estimate of drug-likeness (QED) is 0.887. The highest BCUT2D eigenvalue weighted by atomic mass is 19.1. The Labute approximate surface area is 108 Å². The van der Waals surface area contributed by atoms with E-state index in [1.165, 1.54) is 24.3 Å². The van der Waals surface area contributed by atoms with E-state index >= 15 is 0 Å². The van der Waals surface area contributed by atoms with Gasteiger partial charge in [-0.2, -0.15) is 0 Å². The molecule has 0 fully saturated rings. The van der Waals surface area contributed by atoms with Crippen molar-refractivity contribution in [3.63, 3.8) is 0 Å². The Morgan fingerprint density at radius 3 is 2.53 bits per heavy atom. The van der Waals surface area contributed by atoms with Crippen LogP contribution in [0.2, 0.25) is 0 Å². The second-order valence-corrected chi connectivity index (χ2v) is 4.08. The van der Waals surface area contributed by atoms with Crippen LogP contribution in [0, 0.1) is 18.6 Å². The molecule has 0 atom stereocenters. The zero-order valence-corrected chi connectivity index (χ0v) is 10.1. The van der Waals surface area contributed by atoms with Gasteiger partial charge in [0.25, 0.3) is 0 Å². The number of benzene rings is 2. The van der Waals surface area contributed by atoms with Crippen LogP contribution in [0.4, 0.5) is 20.2 Å². The maximum Gasteiger partial charge on any atom is 0.337 e. The summed E-state index contributed by atoms with van der Waals surface area (Å²) in [6.45, 7) is 1.72. The van der Waals surface area contributed by atoms with Gasteiger partial charge in [-0.05, 0) is 36.8 Å². The van der Waals surface area contributed by atoms with Crippen LogP contribution in [-0.2, 0) is 0 Å². The number of anilines is 2. The summed E-state index contributed by atoms with van der Waals surface area (Å²) in [5.74, 6) is -2.60. The predicted molar refractivity (Wildman–Crippen MR) is 67.8 cm³/mol. The number of para-hydroxylation sites is 1. The molecule has 2 rings (SSSR count). The first-order valence-corrected chi connectivity index (χ1v) is 5.54. The van der Waals surface area contributed by atoms with Crippen LogP contribution in [0.3, 0.4) is 0 Å². The molecule has 0 aliphatic heterocycles. The Morgan fingerprint density at radius 2 is 1.89 bits per heavy atom. The smallest absolute Gasteiger partial charge is 0.337 e. The summed E-state index contributed by atoms with van der Waals surface area (Å²) in [5, 5.41) is 11.5. The third-order valence-corrected chi connectivity index (χ3v) is 2.63. The van der Waals surface area contributed by atoms with E-state index in [1.54, 1.807) is 13.0 Å². The maximum atomic E-state index is 13.7. The minimum absolute atomic E-state index is 0.0261. The van der Waals surface area contributed by atoms with E-state index in [9.17, 15) is 13.6 Å². The van der Waals surface area contributed by atoms with Gasteiger partial charge in [-0.25, -0.2) is 13.6 Å². The number of rotatable bonds is 3. The van der Waals surface area contributed by atoms with Crippen LogP contribution in [0.5, 0.6) is 0 Å². The zero-order valence-electron chi connectivity index (χ0n) is 10.1. The van der Waals surface area contributed by atoms with Crippen molar-refractivity contribution in [2.75, 3.05) is 5.32 Å². The normalized spacial score (nSPS) is 10.3. The summed E-state index contributed by atoms with van der Waals surface area (Å²) < 4.78 is 27.3. The van der Waals surface area contributed by atoms with Crippen molar-refractivity contribution in [1.82, 2.24) is 0 Å². The highest BCUT2D eigenvalue weighted by molar-refractivity contribution is 5.95. The molecule has 98 valence electrons. The van der Waals surface area contributed by atoms with Gasteiger partial charge in [0.1, 0.15) is 11.6 Å². The fourth-order valence-electron chi connectivity index (χ4n) is 1.69. The number of carboxylic acid groups (broad SMARTS) is 1. The molecule has 0 bridgehead atoms. The summed E-state index contributed by atoms with van der Waals surface area (Å²) in [6, 6.07) is 8.01. The molecule has 0 heterocycles. The van der Waals surface area contributed by atoms with E-state index < -0.39 is 17.6 Å². The Bertz CT molecular complexity index is 641. The van der Waals surface area contributed by atoms with Gasteiger partial charge in [0.05, 0.1) is 16.9 Å². The molecule has 2 aromatic rings. The predicted octanol–water partition coefficient (Wildman–Crippen LogP) is 3.72. The lowest BCUT2D eigenvalue weighted by atomic mass is 10.1. The highest BCUT2D eigenvalue weighted by Crippen LogP contribution is 2.26. The van der Waals surface area contributed by atoms with E-state index in [0.717, 1.165) is 11.6 Å². The lowest BCUT2D eigenvalue weighted by molar-refractivity contribution is 0.0697. The standard InChI is InChI=1S/C14H11F2NO2/c1-8-5-6-12(11(16)7-8)17-13-9(14(18)19)3-2-4-10(13)15/h2-7,17H,1H3,(H,18,19). The first kappa shape index (κ1) is 13.0. The molecule has 19 heavy (non-hydrogen) atoms. The van der Waals surface area contributed by atoms with Gasteiger partial charge < -0.3 is 10.4 Å². The van der Waals surface area contributed by atoms with Gasteiger partial charge in [-0.15, -0.1) is 0 Å². The SMILES string of the molecule is Cc1ccc(Nc2c(F)cccc2C(=O)O)c(F)c1. The summed E-state index contributed by atoms with van der Waals surface area (Å²) in [6.07, 6.45) is 0. The van der Waals surface area contributed by atoms with Gasteiger partial charge in [0.15, 0.2) is 0 Å². The van der Waals surface area contributed by atoms with Gasteiger partial charge in [-0.1, -0.05) is 12.1 Å². The van der Waals surface area contributed by atoms with Gasteiger partial charge in [0.2, 0.25) is 0 Å². The van der Waals surface area contributed by atoms with Crippen LogP contribution in [-0.4, -0.2) is 11.1 Å². The number of halogens is 2. The van der Waals surface area contributed by atoms with Crippen molar-refractivity contribution in [2.24, 2.45) is 0 Å². The van der Waals surface area contributed by atoms with Gasteiger partial charge in [0, 0.05) is 0 Å². The number of carbonyl (C=O) groups is 1. The molecule has 0 aliphatic carbocycles. The average molecular weight is 263 g/mol. The van der Waals surface area contributed by atoms with Crippen molar-refractivity contribution in [1.29, 1.82) is 0 Å². The summed E-state index contributed by atoms with van der Waals surface area (Å²) in [7, 11) is 0. The van der Waals surface area contributed by atoms with Gasteiger partial charge in [-0.3, -0.25) is 0 Å². The number of hydrogen-bond acceptors (Lipinski definition) is 2. The minimum Gasteiger partial charge on any atom is -0.478 e. The Hall–Kier alpha value is -2.43. The number of aryl methyl sites for hydroxylation is 1. The van der Waals surface area contributed by atoms with Crippen LogP contribution in [0.1, 0.15) is 15.9 Å². The van der Waals surface area contributed by atoms with Crippen molar-refractivity contribution in [2.45, 2.75) is 6.92 Å². The van der Waals surface area contributed by atoms with Gasteiger partial charge >= 0.3 is 5.97 Å². The first-order chi connectivity index (χ1) is 8.99. The zero-order chi connectivity index (χ0) is 14.0. The van der Waals surface area contributed by atoms with E-state index in [1.807, 2.05) is 0 Å². The topological polar surface area (TPSA) is 49.3 Å². The van der Waals surface area contributed by atoms with E-state index in [2.05, 4.69) is 5.32 Å². The molecular weight excluding hydrogens is 252 g/mol. The molecular formula is C14H11F2NO2. The van der Waals surface area contributed by atoms with Crippen molar-refractivity contribution >= 4 is 17.3 Å². The average Bonchev–Trinajstić information content (AvgIpc) is 2.34. The molecule has 3 nitrogen and oxygen atoms in total. The fourth-order valence-corrected chi connectivity index (χ4v) is 1.69. The Kier molecular flexibility index (Phi) is 3.46. The van der Waals surface area contributed by atoms with Crippen molar-refractivity contribution in [3.05, 3.63) is 59.2 Å². The third kappa shape index (κ3) is 2.70. The molecule has 0 spiro atoms. The van der Waals surface area contributed by atoms with Crippen LogP contribution in [0.25, 0.3) is 0 Å². The molecule has 0 saturated heterocycles. The lowest BCUT2D eigenvalue weighted by Crippen LogP contribution is -2.05. The Morgan fingerprint density at radius 1 is 1.16 bits per heavy atom. The van der Waals surface area contributed by atoms with E-state index in [-0.39, 0.29) is 16.9 Å². The second kappa shape index (κ2) is 5.06. The van der Waals surface area contributed by atoms with Crippen molar-refractivity contribution in [3.8, 4) is 0 Å².